The van der Waals surface area contributed by atoms with Gasteiger partial charge in [-0.2, -0.15) is 11.8 Å². The van der Waals surface area contributed by atoms with Crippen molar-refractivity contribution >= 4 is 23.6 Å². The molecule has 21 heavy (non-hydrogen) atoms. The van der Waals surface area contributed by atoms with Crippen LogP contribution >= 0.6 is 11.8 Å². The van der Waals surface area contributed by atoms with Crippen molar-refractivity contribution in [3.63, 3.8) is 0 Å². The lowest BCUT2D eigenvalue weighted by Crippen LogP contribution is -2.50. The maximum absolute atomic E-state index is 12.4. The minimum atomic E-state index is -0.536. The highest BCUT2D eigenvalue weighted by molar-refractivity contribution is 7.98. The minimum Gasteiger partial charge on any atom is -0.461 e. The Morgan fingerprint density at radius 2 is 2.14 bits per heavy atom. The summed E-state index contributed by atoms with van der Waals surface area (Å²) in [6, 6.07) is -0.634. The highest BCUT2D eigenvalue weighted by atomic mass is 32.2. The third-order valence-electron chi connectivity index (χ3n) is 3.64. The van der Waals surface area contributed by atoms with Crippen molar-refractivity contribution in [1.29, 1.82) is 0 Å². The number of likely N-dealkylation sites (N-methyl/N-ethyl adjacent to an activating group) is 1. The number of likely N-dealkylation sites (tertiary alicyclic amines) is 1. The van der Waals surface area contributed by atoms with Gasteiger partial charge in [-0.1, -0.05) is 6.92 Å². The van der Waals surface area contributed by atoms with E-state index in [0.29, 0.717) is 6.42 Å². The first-order chi connectivity index (χ1) is 9.99. The third kappa shape index (κ3) is 5.87. The van der Waals surface area contributed by atoms with Gasteiger partial charge in [0.05, 0.1) is 12.1 Å². The summed E-state index contributed by atoms with van der Waals surface area (Å²) in [6.07, 6.45) is 4.34. The number of carbonyl (C=O) groups is 2. The molecule has 0 aromatic carbocycles. The van der Waals surface area contributed by atoms with Gasteiger partial charge in [-0.3, -0.25) is 9.69 Å². The number of amides is 1. The second kappa shape index (κ2) is 9.30. The van der Waals surface area contributed by atoms with Crippen molar-refractivity contribution < 1.29 is 14.3 Å². The summed E-state index contributed by atoms with van der Waals surface area (Å²) in [4.78, 5) is 26.7. The number of thioether (sulfide) groups is 1. The maximum atomic E-state index is 12.4. The summed E-state index contributed by atoms with van der Waals surface area (Å²) >= 11 is 1.66. The van der Waals surface area contributed by atoms with E-state index in [2.05, 4.69) is 17.1 Å². The van der Waals surface area contributed by atoms with Crippen LogP contribution in [0.15, 0.2) is 0 Å². The zero-order valence-corrected chi connectivity index (χ0v) is 14.4. The highest BCUT2D eigenvalue weighted by Gasteiger charge is 2.32. The van der Waals surface area contributed by atoms with E-state index < -0.39 is 6.04 Å². The predicted molar refractivity (Wildman–Crippen MR) is 86.4 cm³/mol. The molecule has 0 saturated carbocycles. The molecular formula is C15H28N2O3S. The zero-order chi connectivity index (χ0) is 15.8. The number of ether oxygens (including phenoxy) is 1. The smallest absolute Gasteiger partial charge is 0.328 e. The van der Waals surface area contributed by atoms with Crippen molar-refractivity contribution in [1.82, 2.24) is 10.2 Å². The molecule has 122 valence electrons. The van der Waals surface area contributed by atoms with Gasteiger partial charge in [0.1, 0.15) is 6.04 Å². The van der Waals surface area contributed by atoms with Crippen molar-refractivity contribution in [2.45, 2.75) is 58.2 Å². The second-order valence-electron chi connectivity index (χ2n) is 5.61. The first kappa shape index (κ1) is 18.3. The standard InChI is InChI=1S/C15H28N2O3S/c1-5-17-9-6-7-13(17)14(18)16-12(8-10-21-4)15(19)20-11(2)3/h11-13H,5-10H2,1-4H3,(H,16,18)/t12-,13-/m0/s1. The Morgan fingerprint density at radius 1 is 1.43 bits per heavy atom. The molecule has 1 heterocycles. The molecule has 0 radical (unpaired) electrons. The van der Waals surface area contributed by atoms with Crippen LogP contribution in [0.3, 0.4) is 0 Å². The van der Waals surface area contributed by atoms with Crippen LogP contribution in [-0.2, 0) is 14.3 Å². The van der Waals surface area contributed by atoms with E-state index in [1.807, 2.05) is 20.1 Å². The van der Waals surface area contributed by atoms with Gasteiger partial charge >= 0.3 is 5.97 Å². The first-order valence-electron chi connectivity index (χ1n) is 7.73. The number of esters is 1. The molecule has 5 nitrogen and oxygen atoms in total. The van der Waals surface area contributed by atoms with Crippen LogP contribution in [0.25, 0.3) is 0 Å². The quantitative estimate of drug-likeness (QED) is 0.690. The minimum absolute atomic E-state index is 0.0406. The molecule has 2 atom stereocenters. The molecule has 0 aromatic heterocycles. The average Bonchev–Trinajstić information content (AvgIpc) is 2.90. The van der Waals surface area contributed by atoms with E-state index in [1.54, 1.807) is 11.8 Å². The summed E-state index contributed by atoms with van der Waals surface area (Å²) in [5, 5.41) is 2.89. The summed E-state index contributed by atoms with van der Waals surface area (Å²) in [6.45, 7) is 7.52. The van der Waals surface area contributed by atoms with Crippen LogP contribution in [0, 0.1) is 0 Å². The van der Waals surface area contributed by atoms with E-state index in [9.17, 15) is 9.59 Å². The van der Waals surface area contributed by atoms with Gasteiger partial charge in [0.15, 0.2) is 0 Å². The molecule has 1 amide bonds. The zero-order valence-electron chi connectivity index (χ0n) is 13.6. The van der Waals surface area contributed by atoms with Gasteiger partial charge in [-0.25, -0.2) is 4.79 Å². The van der Waals surface area contributed by atoms with E-state index in [1.165, 1.54) is 0 Å². The average molecular weight is 316 g/mol. The van der Waals surface area contributed by atoms with E-state index in [4.69, 9.17) is 4.74 Å². The van der Waals surface area contributed by atoms with Gasteiger partial charge in [0.25, 0.3) is 0 Å². The monoisotopic (exact) mass is 316 g/mol. The Kier molecular flexibility index (Phi) is 8.11. The predicted octanol–water partition coefficient (Wildman–Crippen LogP) is 1.66. The maximum Gasteiger partial charge on any atom is 0.328 e. The molecule has 0 unspecified atom stereocenters. The summed E-state index contributed by atoms with van der Waals surface area (Å²) in [5.41, 5.74) is 0. The summed E-state index contributed by atoms with van der Waals surface area (Å²) in [5.74, 6) is 0.454. The van der Waals surface area contributed by atoms with Gasteiger partial charge in [-0.15, -0.1) is 0 Å². The number of nitrogens with zero attached hydrogens (tertiary/aromatic N) is 1. The molecule has 0 spiro atoms. The molecule has 0 aromatic rings. The number of nitrogens with one attached hydrogen (secondary N) is 1. The number of hydrogen-bond donors (Lipinski definition) is 1. The lowest BCUT2D eigenvalue weighted by Gasteiger charge is -2.25. The van der Waals surface area contributed by atoms with Crippen LogP contribution in [-0.4, -0.2) is 60.1 Å². The molecule has 1 N–H and O–H groups in total. The molecule has 6 heteroatoms. The number of hydrogen-bond acceptors (Lipinski definition) is 5. The van der Waals surface area contributed by atoms with Crippen molar-refractivity contribution in [3.8, 4) is 0 Å². The van der Waals surface area contributed by atoms with Crippen molar-refractivity contribution in [3.05, 3.63) is 0 Å². The van der Waals surface area contributed by atoms with Crippen LogP contribution in [0.5, 0.6) is 0 Å². The second-order valence-corrected chi connectivity index (χ2v) is 6.60. The fraction of sp³-hybridized carbons (Fsp3) is 0.867. The lowest BCUT2D eigenvalue weighted by molar-refractivity contribution is -0.151. The summed E-state index contributed by atoms with van der Waals surface area (Å²) < 4.78 is 5.25. The Balaban J connectivity index is 2.62. The highest BCUT2D eigenvalue weighted by Crippen LogP contribution is 2.17. The van der Waals surface area contributed by atoms with Crippen LogP contribution < -0.4 is 5.32 Å². The van der Waals surface area contributed by atoms with E-state index in [-0.39, 0.29) is 24.0 Å². The molecule has 1 aliphatic rings. The third-order valence-corrected chi connectivity index (χ3v) is 4.28. The van der Waals surface area contributed by atoms with Crippen LogP contribution in [0.4, 0.5) is 0 Å². The molecule has 0 aliphatic carbocycles. The molecule has 1 fully saturated rings. The summed E-state index contributed by atoms with van der Waals surface area (Å²) in [7, 11) is 0. The van der Waals surface area contributed by atoms with Gasteiger partial charge in [0, 0.05) is 0 Å². The van der Waals surface area contributed by atoms with Gasteiger partial charge < -0.3 is 10.1 Å². The molecule has 1 aliphatic heterocycles. The fourth-order valence-electron chi connectivity index (χ4n) is 2.57. The number of rotatable bonds is 8. The molecule has 1 saturated heterocycles. The number of carbonyl (C=O) groups excluding carboxylic acids is 2. The largest absolute Gasteiger partial charge is 0.461 e. The van der Waals surface area contributed by atoms with E-state index >= 15 is 0 Å². The topological polar surface area (TPSA) is 58.6 Å². The normalized spacial score (nSPS) is 20.5. The molecule has 0 bridgehead atoms. The SMILES string of the molecule is CCN1CCC[C@H]1C(=O)N[C@@H](CCSC)C(=O)OC(C)C. The van der Waals surface area contributed by atoms with Crippen LogP contribution in [0.2, 0.25) is 0 Å². The fourth-order valence-corrected chi connectivity index (χ4v) is 3.04. The first-order valence-corrected chi connectivity index (χ1v) is 9.12. The van der Waals surface area contributed by atoms with Crippen LogP contribution in [0.1, 0.15) is 40.0 Å². The molecular weight excluding hydrogens is 288 g/mol. The van der Waals surface area contributed by atoms with Crippen molar-refractivity contribution in [2.24, 2.45) is 0 Å². The Labute approximate surface area is 132 Å². The lowest BCUT2D eigenvalue weighted by atomic mass is 10.1. The Morgan fingerprint density at radius 3 is 2.71 bits per heavy atom. The molecule has 1 rings (SSSR count). The van der Waals surface area contributed by atoms with Crippen molar-refractivity contribution in [2.75, 3.05) is 25.1 Å². The van der Waals surface area contributed by atoms with Gasteiger partial charge in [-0.05, 0) is 58.2 Å². The van der Waals surface area contributed by atoms with Gasteiger partial charge in [0.2, 0.25) is 5.91 Å². The Bertz CT molecular complexity index is 350. The van der Waals surface area contributed by atoms with E-state index in [0.717, 1.165) is 31.7 Å². The Hall–Kier alpha value is -0.750.